The van der Waals surface area contributed by atoms with Crippen LogP contribution in [-0.2, 0) is 0 Å². The van der Waals surface area contributed by atoms with Gasteiger partial charge in [-0.1, -0.05) is 18.2 Å². The summed E-state index contributed by atoms with van der Waals surface area (Å²) < 4.78 is 5.25. The number of hydrogen-bond donors (Lipinski definition) is 0. The molecule has 0 N–H and O–H groups in total. The molecule has 1 aliphatic heterocycles. The maximum Gasteiger partial charge on any atom is 0.118 e. The van der Waals surface area contributed by atoms with Gasteiger partial charge in [-0.15, -0.1) is 6.58 Å². The molecule has 1 fully saturated rings. The quantitative estimate of drug-likeness (QED) is 0.686. The van der Waals surface area contributed by atoms with Gasteiger partial charge < -0.3 is 9.64 Å². The van der Waals surface area contributed by atoms with E-state index in [2.05, 4.69) is 47.4 Å². The number of hydrogen-bond acceptors (Lipinski definition) is 4. The second-order valence-electron chi connectivity index (χ2n) is 6.38. The molecule has 1 heterocycles. The molecule has 1 aromatic rings. The summed E-state index contributed by atoms with van der Waals surface area (Å²) in [6, 6.07) is 8.79. The number of nitrogens with zero attached hydrogens (tertiary/aromatic N) is 3. The molecule has 0 aliphatic carbocycles. The first-order valence-corrected chi connectivity index (χ1v) is 8.54. The lowest BCUT2D eigenvalue weighted by Crippen LogP contribution is -2.47. The Bertz CT molecular complexity index is 466. The first-order chi connectivity index (χ1) is 11.1. The van der Waals surface area contributed by atoms with Crippen molar-refractivity contribution < 1.29 is 4.74 Å². The molecule has 4 nitrogen and oxygen atoms in total. The van der Waals surface area contributed by atoms with Crippen LogP contribution in [0.4, 0.5) is 0 Å². The minimum Gasteiger partial charge on any atom is -0.497 e. The minimum atomic E-state index is 0.381. The summed E-state index contributed by atoms with van der Waals surface area (Å²) in [7, 11) is 3.91. The molecule has 1 unspecified atom stereocenters. The third-order valence-corrected chi connectivity index (χ3v) is 4.81. The Hall–Kier alpha value is -1.36. The van der Waals surface area contributed by atoms with Crippen molar-refractivity contribution in [3.63, 3.8) is 0 Å². The molecular weight excluding hydrogens is 286 g/mol. The topological polar surface area (TPSA) is 19.0 Å². The summed E-state index contributed by atoms with van der Waals surface area (Å²) in [6.45, 7) is 14.0. The smallest absolute Gasteiger partial charge is 0.118 e. The first-order valence-electron chi connectivity index (χ1n) is 8.54. The van der Waals surface area contributed by atoms with E-state index in [0.29, 0.717) is 6.04 Å². The number of ether oxygens (including phenoxy) is 1. The number of benzene rings is 1. The molecule has 0 saturated carbocycles. The lowest BCUT2D eigenvalue weighted by molar-refractivity contribution is 0.127. The molecule has 1 aromatic carbocycles. The Balaban J connectivity index is 1.91. The van der Waals surface area contributed by atoms with Gasteiger partial charge >= 0.3 is 0 Å². The number of rotatable bonds is 8. The van der Waals surface area contributed by atoms with Crippen LogP contribution < -0.4 is 4.74 Å². The molecule has 1 atom stereocenters. The molecule has 1 saturated heterocycles. The fourth-order valence-electron chi connectivity index (χ4n) is 3.04. The SMILES string of the molecule is C=CCN(CCN1CCN(C)CC1)C(C)c1ccc(OC)cc1. The summed E-state index contributed by atoms with van der Waals surface area (Å²) >= 11 is 0. The fourth-order valence-corrected chi connectivity index (χ4v) is 3.04. The Morgan fingerprint density at radius 1 is 1.22 bits per heavy atom. The zero-order chi connectivity index (χ0) is 16.7. The maximum atomic E-state index is 5.25. The molecule has 23 heavy (non-hydrogen) atoms. The molecule has 0 aromatic heterocycles. The van der Waals surface area contributed by atoms with Gasteiger partial charge in [0, 0.05) is 51.9 Å². The van der Waals surface area contributed by atoms with Gasteiger partial charge in [-0.2, -0.15) is 0 Å². The second kappa shape index (κ2) is 9.06. The third-order valence-electron chi connectivity index (χ3n) is 4.81. The van der Waals surface area contributed by atoms with Crippen LogP contribution in [0, 0.1) is 0 Å². The highest BCUT2D eigenvalue weighted by atomic mass is 16.5. The Morgan fingerprint density at radius 3 is 2.43 bits per heavy atom. The van der Waals surface area contributed by atoms with Crippen molar-refractivity contribution in [1.29, 1.82) is 0 Å². The normalized spacial score (nSPS) is 18.1. The molecule has 0 bridgehead atoms. The summed E-state index contributed by atoms with van der Waals surface area (Å²) in [6.07, 6.45) is 2.00. The van der Waals surface area contributed by atoms with E-state index in [1.54, 1.807) is 7.11 Å². The fraction of sp³-hybridized carbons (Fsp3) is 0.579. The zero-order valence-corrected chi connectivity index (χ0v) is 14.9. The highest BCUT2D eigenvalue weighted by Crippen LogP contribution is 2.22. The second-order valence-corrected chi connectivity index (χ2v) is 6.38. The summed E-state index contributed by atoms with van der Waals surface area (Å²) in [5.74, 6) is 0.911. The third kappa shape index (κ3) is 5.34. The van der Waals surface area contributed by atoms with E-state index in [1.165, 1.54) is 31.7 Å². The lowest BCUT2D eigenvalue weighted by atomic mass is 10.1. The molecule has 1 aliphatic rings. The van der Waals surface area contributed by atoms with Gasteiger partial charge in [0.05, 0.1) is 7.11 Å². The molecule has 0 radical (unpaired) electrons. The van der Waals surface area contributed by atoms with Gasteiger partial charge in [0.25, 0.3) is 0 Å². The monoisotopic (exact) mass is 317 g/mol. The Morgan fingerprint density at radius 2 is 1.87 bits per heavy atom. The standard InChI is InChI=1S/C19H31N3O/c1-5-10-22(16-15-21-13-11-20(3)12-14-21)17(2)18-6-8-19(23-4)9-7-18/h5-9,17H,1,10-16H2,2-4H3. The Labute approximate surface area is 141 Å². The van der Waals surface area contributed by atoms with E-state index in [-0.39, 0.29) is 0 Å². The zero-order valence-electron chi connectivity index (χ0n) is 14.9. The Kier molecular flexibility index (Phi) is 7.09. The first kappa shape index (κ1) is 18.0. The van der Waals surface area contributed by atoms with E-state index >= 15 is 0 Å². The van der Waals surface area contributed by atoms with E-state index in [4.69, 9.17) is 4.74 Å². The summed E-state index contributed by atoms with van der Waals surface area (Å²) in [5.41, 5.74) is 1.33. The summed E-state index contributed by atoms with van der Waals surface area (Å²) in [5, 5.41) is 0. The van der Waals surface area contributed by atoms with Crippen molar-refractivity contribution in [3.8, 4) is 5.75 Å². The summed E-state index contributed by atoms with van der Waals surface area (Å²) in [4.78, 5) is 7.46. The van der Waals surface area contributed by atoms with Gasteiger partial charge in [0.1, 0.15) is 5.75 Å². The predicted molar refractivity (Wildman–Crippen MR) is 97.1 cm³/mol. The van der Waals surface area contributed by atoms with Gasteiger partial charge in [-0.3, -0.25) is 9.80 Å². The van der Waals surface area contributed by atoms with Crippen LogP contribution >= 0.6 is 0 Å². The molecular formula is C19H31N3O. The minimum absolute atomic E-state index is 0.381. The van der Waals surface area contributed by atoms with Crippen molar-refractivity contribution in [2.75, 3.05) is 60.0 Å². The molecule has 2 rings (SSSR count). The van der Waals surface area contributed by atoms with E-state index in [0.717, 1.165) is 25.4 Å². The maximum absolute atomic E-state index is 5.25. The predicted octanol–water partition coefficient (Wildman–Crippen LogP) is 2.49. The van der Waals surface area contributed by atoms with Gasteiger partial charge in [-0.25, -0.2) is 0 Å². The average Bonchev–Trinajstić information content (AvgIpc) is 2.59. The van der Waals surface area contributed by atoms with Crippen LogP contribution in [0.2, 0.25) is 0 Å². The van der Waals surface area contributed by atoms with E-state index in [1.807, 2.05) is 18.2 Å². The van der Waals surface area contributed by atoms with Crippen LogP contribution in [0.5, 0.6) is 5.75 Å². The average molecular weight is 317 g/mol. The van der Waals surface area contributed by atoms with E-state index in [9.17, 15) is 0 Å². The van der Waals surface area contributed by atoms with Gasteiger partial charge in [0.15, 0.2) is 0 Å². The molecule has 0 amide bonds. The van der Waals surface area contributed by atoms with Gasteiger partial charge in [0.2, 0.25) is 0 Å². The molecule has 128 valence electrons. The molecule has 4 heteroatoms. The number of likely N-dealkylation sites (N-methyl/N-ethyl adjacent to an activating group) is 1. The van der Waals surface area contributed by atoms with Crippen LogP contribution in [0.1, 0.15) is 18.5 Å². The van der Waals surface area contributed by atoms with Crippen molar-refractivity contribution in [2.45, 2.75) is 13.0 Å². The van der Waals surface area contributed by atoms with Crippen molar-refractivity contribution in [1.82, 2.24) is 14.7 Å². The van der Waals surface area contributed by atoms with Gasteiger partial charge in [-0.05, 0) is 31.7 Å². The van der Waals surface area contributed by atoms with Crippen LogP contribution in [0.3, 0.4) is 0 Å². The highest BCUT2D eigenvalue weighted by Gasteiger charge is 2.18. The van der Waals surface area contributed by atoms with E-state index < -0.39 is 0 Å². The lowest BCUT2D eigenvalue weighted by Gasteiger charge is -2.35. The number of methoxy groups -OCH3 is 1. The van der Waals surface area contributed by atoms with Crippen LogP contribution in [0.25, 0.3) is 0 Å². The largest absolute Gasteiger partial charge is 0.497 e. The number of piperazine rings is 1. The van der Waals surface area contributed by atoms with Crippen LogP contribution in [-0.4, -0.2) is 74.7 Å². The molecule has 0 spiro atoms. The highest BCUT2D eigenvalue weighted by molar-refractivity contribution is 5.28. The van der Waals surface area contributed by atoms with Crippen LogP contribution in [0.15, 0.2) is 36.9 Å². The van der Waals surface area contributed by atoms with Crippen molar-refractivity contribution in [2.24, 2.45) is 0 Å². The van der Waals surface area contributed by atoms with Crippen molar-refractivity contribution >= 4 is 0 Å². The van der Waals surface area contributed by atoms with Crippen molar-refractivity contribution in [3.05, 3.63) is 42.5 Å².